The van der Waals surface area contributed by atoms with Gasteiger partial charge >= 0.3 is 6.18 Å². The van der Waals surface area contributed by atoms with Crippen LogP contribution in [0.2, 0.25) is 0 Å². The van der Waals surface area contributed by atoms with E-state index in [-0.39, 0.29) is 34.2 Å². The Hall–Kier alpha value is -2.79. The van der Waals surface area contributed by atoms with Crippen molar-refractivity contribution in [3.63, 3.8) is 0 Å². The molecular weight excluding hydrogens is 403 g/mol. The van der Waals surface area contributed by atoms with E-state index in [0.29, 0.717) is 5.75 Å². The predicted octanol–water partition coefficient (Wildman–Crippen LogP) is 5.68. The molecular formula is C21H14F3NO3S. The number of hydrogen-bond donors (Lipinski definition) is 0. The SMILES string of the molecule is [C-]#[N+]c1cc(Oc2ccc3c(c2)CC[C@H]3C2SC(=O)CC2=O)ccc1C(F)(F)F. The largest absolute Gasteiger partial charge is 0.459 e. The summed E-state index contributed by atoms with van der Waals surface area (Å²) in [6, 6.07) is 8.44. The Morgan fingerprint density at radius 3 is 2.48 bits per heavy atom. The second-order valence-corrected chi connectivity index (χ2v) is 8.15. The van der Waals surface area contributed by atoms with Crippen LogP contribution >= 0.6 is 11.8 Å². The monoisotopic (exact) mass is 417 g/mol. The maximum atomic E-state index is 12.9. The lowest BCUT2D eigenvalue weighted by molar-refractivity contribution is -0.136. The Balaban J connectivity index is 1.56. The van der Waals surface area contributed by atoms with E-state index in [1.54, 1.807) is 12.1 Å². The Morgan fingerprint density at radius 2 is 1.83 bits per heavy atom. The van der Waals surface area contributed by atoms with E-state index in [0.717, 1.165) is 47.9 Å². The van der Waals surface area contributed by atoms with Gasteiger partial charge in [-0.1, -0.05) is 23.9 Å². The molecule has 148 valence electrons. The van der Waals surface area contributed by atoms with Crippen molar-refractivity contribution in [3.05, 3.63) is 64.5 Å². The Kier molecular flexibility index (Phi) is 4.87. The number of carbonyl (C=O) groups is 2. The average Bonchev–Trinajstić information content (AvgIpc) is 3.22. The first-order valence-electron chi connectivity index (χ1n) is 8.88. The first-order chi connectivity index (χ1) is 13.8. The lowest BCUT2D eigenvalue weighted by Crippen LogP contribution is -2.18. The number of hydrogen-bond acceptors (Lipinski definition) is 4. The molecule has 2 aromatic rings. The second-order valence-electron chi connectivity index (χ2n) is 6.95. The lowest BCUT2D eigenvalue weighted by Gasteiger charge is -2.17. The summed E-state index contributed by atoms with van der Waals surface area (Å²) >= 11 is 1.11. The van der Waals surface area contributed by atoms with Crippen molar-refractivity contribution in [2.75, 3.05) is 0 Å². The van der Waals surface area contributed by atoms with Gasteiger partial charge in [0, 0.05) is 5.92 Å². The summed E-state index contributed by atoms with van der Waals surface area (Å²) in [5, 5.41) is -0.432. The molecule has 0 bridgehead atoms. The van der Waals surface area contributed by atoms with Gasteiger partial charge in [-0.25, -0.2) is 4.85 Å². The first-order valence-corrected chi connectivity index (χ1v) is 9.76. The molecule has 2 aromatic carbocycles. The van der Waals surface area contributed by atoms with Crippen molar-refractivity contribution in [1.82, 2.24) is 0 Å². The number of alkyl halides is 3. The van der Waals surface area contributed by atoms with Crippen LogP contribution in [-0.2, 0) is 22.2 Å². The summed E-state index contributed by atoms with van der Waals surface area (Å²) in [6.07, 6.45) is -3.12. The van der Waals surface area contributed by atoms with Crippen molar-refractivity contribution in [1.29, 1.82) is 0 Å². The number of Topliss-reactive ketones (excluding diaryl/α,β-unsaturated/α-hetero) is 1. The molecule has 4 nitrogen and oxygen atoms in total. The molecule has 0 saturated carbocycles. The number of benzene rings is 2. The normalized spacial score (nSPS) is 21.2. The summed E-state index contributed by atoms with van der Waals surface area (Å²) in [6.45, 7) is 6.99. The van der Waals surface area contributed by atoms with Crippen LogP contribution in [0.25, 0.3) is 4.85 Å². The van der Waals surface area contributed by atoms with Gasteiger partial charge in [-0.15, -0.1) is 0 Å². The Bertz CT molecular complexity index is 1060. The molecule has 0 spiro atoms. The fourth-order valence-corrected chi connectivity index (χ4v) is 5.02. The second kappa shape index (κ2) is 7.23. The van der Waals surface area contributed by atoms with Gasteiger partial charge in [0.25, 0.3) is 0 Å². The van der Waals surface area contributed by atoms with Crippen LogP contribution < -0.4 is 4.74 Å². The standard InChI is InChI=1S/C21H14F3NO3S/c1-25-17-9-13(4-7-16(17)21(22,23)24)28-12-3-6-14-11(8-12)2-5-15(14)20-18(26)10-19(27)29-20/h3-4,6-9,15,20H,2,5,10H2/t15-,20?/m1/s1. The van der Waals surface area contributed by atoms with Gasteiger partial charge in [-0.05, 0) is 48.2 Å². The highest BCUT2D eigenvalue weighted by Crippen LogP contribution is 2.45. The topological polar surface area (TPSA) is 47.7 Å². The Morgan fingerprint density at radius 1 is 1.10 bits per heavy atom. The molecule has 1 unspecified atom stereocenters. The van der Waals surface area contributed by atoms with Crippen molar-refractivity contribution >= 4 is 28.3 Å². The zero-order chi connectivity index (χ0) is 20.8. The highest BCUT2D eigenvalue weighted by Gasteiger charge is 2.41. The van der Waals surface area contributed by atoms with Crippen LogP contribution in [0.4, 0.5) is 18.9 Å². The summed E-state index contributed by atoms with van der Waals surface area (Å²) in [7, 11) is 0. The molecule has 0 aromatic heterocycles. The molecule has 1 aliphatic carbocycles. The van der Waals surface area contributed by atoms with E-state index in [9.17, 15) is 22.8 Å². The molecule has 1 heterocycles. The smallest absolute Gasteiger partial charge is 0.407 e. The highest BCUT2D eigenvalue weighted by molar-refractivity contribution is 8.15. The lowest BCUT2D eigenvalue weighted by atomic mass is 9.94. The van der Waals surface area contributed by atoms with E-state index in [1.165, 1.54) is 6.07 Å². The van der Waals surface area contributed by atoms with Gasteiger partial charge in [0.15, 0.2) is 10.9 Å². The maximum Gasteiger partial charge on any atom is 0.407 e. The minimum Gasteiger partial charge on any atom is -0.459 e. The molecule has 2 aliphatic rings. The summed E-state index contributed by atoms with van der Waals surface area (Å²) < 4.78 is 44.5. The third kappa shape index (κ3) is 3.75. The Labute approximate surface area is 168 Å². The number of ether oxygens (including phenoxy) is 1. The minimum absolute atomic E-state index is 0.0113. The van der Waals surface area contributed by atoms with Crippen LogP contribution in [0, 0.1) is 6.57 Å². The van der Waals surface area contributed by atoms with Crippen molar-refractivity contribution in [2.24, 2.45) is 0 Å². The molecule has 0 amide bonds. The summed E-state index contributed by atoms with van der Waals surface area (Å²) in [5.74, 6) is 0.546. The molecule has 8 heteroatoms. The van der Waals surface area contributed by atoms with E-state index in [1.807, 2.05) is 6.07 Å². The van der Waals surface area contributed by atoms with Gasteiger partial charge in [-0.3, -0.25) is 9.59 Å². The molecule has 1 aliphatic heterocycles. The highest BCUT2D eigenvalue weighted by atomic mass is 32.2. The van der Waals surface area contributed by atoms with Gasteiger partial charge in [-0.2, -0.15) is 13.2 Å². The molecule has 0 radical (unpaired) electrons. The fourth-order valence-electron chi connectivity index (χ4n) is 3.85. The molecule has 0 N–H and O–H groups in total. The van der Waals surface area contributed by atoms with Crippen LogP contribution in [0.15, 0.2) is 36.4 Å². The number of carbonyl (C=O) groups excluding carboxylic acids is 2. The first kappa shape index (κ1) is 19.5. The van der Waals surface area contributed by atoms with E-state index in [2.05, 4.69) is 4.85 Å². The zero-order valence-corrected chi connectivity index (χ0v) is 15.8. The number of rotatable bonds is 3. The minimum atomic E-state index is -4.60. The van der Waals surface area contributed by atoms with Crippen LogP contribution in [-0.4, -0.2) is 16.1 Å². The number of fused-ring (bicyclic) bond motifs is 1. The van der Waals surface area contributed by atoms with Gasteiger partial charge in [0.2, 0.25) is 5.69 Å². The average molecular weight is 417 g/mol. The maximum absolute atomic E-state index is 12.9. The summed E-state index contributed by atoms with van der Waals surface area (Å²) in [5.41, 5.74) is 0.493. The van der Waals surface area contributed by atoms with Gasteiger partial charge < -0.3 is 4.74 Å². The third-order valence-electron chi connectivity index (χ3n) is 5.13. The van der Waals surface area contributed by atoms with Crippen molar-refractivity contribution in [2.45, 2.75) is 36.6 Å². The number of aryl methyl sites for hydroxylation is 1. The predicted molar refractivity (Wildman–Crippen MR) is 101 cm³/mol. The molecule has 2 atom stereocenters. The van der Waals surface area contributed by atoms with Gasteiger partial charge in [0.05, 0.1) is 23.8 Å². The molecule has 29 heavy (non-hydrogen) atoms. The van der Waals surface area contributed by atoms with Crippen LogP contribution in [0.3, 0.4) is 0 Å². The van der Waals surface area contributed by atoms with E-state index >= 15 is 0 Å². The van der Waals surface area contributed by atoms with E-state index < -0.39 is 17.4 Å². The van der Waals surface area contributed by atoms with Gasteiger partial charge in [0.1, 0.15) is 11.5 Å². The molecule has 1 saturated heterocycles. The van der Waals surface area contributed by atoms with Crippen molar-refractivity contribution in [3.8, 4) is 11.5 Å². The fraction of sp³-hybridized carbons (Fsp3) is 0.286. The van der Waals surface area contributed by atoms with Crippen LogP contribution in [0.1, 0.15) is 35.4 Å². The molecule has 1 fully saturated rings. The molecule has 4 rings (SSSR count). The zero-order valence-electron chi connectivity index (χ0n) is 15.0. The summed E-state index contributed by atoms with van der Waals surface area (Å²) in [4.78, 5) is 26.6. The number of thioether (sulfide) groups is 1. The quantitative estimate of drug-likeness (QED) is 0.476. The number of nitrogens with zero attached hydrogens (tertiary/aromatic N) is 1. The van der Waals surface area contributed by atoms with E-state index in [4.69, 9.17) is 11.3 Å². The number of ketones is 1. The van der Waals surface area contributed by atoms with Crippen molar-refractivity contribution < 1.29 is 27.5 Å². The van der Waals surface area contributed by atoms with Crippen LogP contribution in [0.5, 0.6) is 11.5 Å². The third-order valence-corrected chi connectivity index (χ3v) is 6.38. The number of halogens is 3.